The van der Waals surface area contributed by atoms with Crippen LogP contribution in [0.3, 0.4) is 0 Å². The third-order valence-electron chi connectivity index (χ3n) is 3.49. The van der Waals surface area contributed by atoms with E-state index in [9.17, 15) is 4.79 Å². The van der Waals surface area contributed by atoms with Gasteiger partial charge in [0.15, 0.2) is 0 Å². The Balaban J connectivity index is 0.000000397. The predicted molar refractivity (Wildman–Crippen MR) is 77.9 cm³/mol. The number of hydrogen-bond donors (Lipinski definition) is 1. The molecule has 0 aliphatic heterocycles. The summed E-state index contributed by atoms with van der Waals surface area (Å²) in [4.78, 5) is 10.1. The van der Waals surface area contributed by atoms with Gasteiger partial charge in [-0.3, -0.25) is 4.79 Å². The van der Waals surface area contributed by atoms with E-state index in [0.29, 0.717) is 6.42 Å². The summed E-state index contributed by atoms with van der Waals surface area (Å²) in [5, 5.41) is 8.35. The molecule has 1 saturated carbocycles. The molecular formula is C16H32O2. The van der Waals surface area contributed by atoms with Crippen LogP contribution in [0.15, 0.2) is 0 Å². The monoisotopic (exact) mass is 256 g/mol. The topological polar surface area (TPSA) is 37.3 Å². The molecule has 1 fully saturated rings. The van der Waals surface area contributed by atoms with Crippen molar-refractivity contribution in [3.05, 3.63) is 0 Å². The predicted octanol–water partition coefficient (Wildman–Crippen LogP) is 5.55. The van der Waals surface area contributed by atoms with Crippen molar-refractivity contribution in [1.82, 2.24) is 0 Å². The molecule has 0 radical (unpaired) electrons. The number of carboxylic acids is 1. The Labute approximate surface area is 113 Å². The molecule has 1 aliphatic carbocycles. The highest BCUT2D eigenvalue weighted by molar-refractivity contribution is 5.66. The third-order valence-corrected chi connectivity index (χ3v) is 3.49. The van der Waals surface area contributed by atoms with E-state index in [0.717, 1.165) is 12.8 Å². The van der Waals surface area contributed by atoms with Gasteiger partial charge in [-0.15, -0.1) is 0 Å². The molecule has 0 amide bonds. The lowest BCUT2D eigenvalue weighted by Crippen LogP contribution is -1.93. The number of carboxylic acid groups (broad SMARTS) is 1. The SMILES string of the molecule is C1CCCCC1.CCCCCCCCCC(=O)O. The highest BCUT2D eigenvalue weighted by Gasteiger charge is 1.96. The van der Waals surface area contributed by atoms with Crippen LogP contribution in [0, 0.1) is 0 Å². The lowest BCUT2D eigenvalue weighted by atomic mass is 10.0. The second kappa shape index (κ2) is 14.5. The van der Waals surface area contributed by atoms with Gasteiger partial charge < -0.3 is 5.11 Å². The van der Waals surface area contributed by atoms with Gasteiger partial charge in [0.05, 0.1) is 0 Å². The lowest BCUT2D eigenvalue weighted by molar-refractivity contribution is -0.137. The molecule has 0 bridgehead atoms. The first-order chi connectivity index (χ1) is 8.77. The summed E-state index contributed by atoms with van der Waals surface area (Å²) in [7, 11) is 0. The van der Waals surface area contributed by atoms with Gasteiger partial charge in [-0.2, -0.15) is 0 Å². The second-order valence-electron chi connectivity index (χ2n) is 5.39. The van der Waals surface area contributed by atoms with E-state index in [1.807, 2.05) is 0 Å². The molecule has 2 nitrogen and oxygen atoms in total. The molecule has 1 N–H and O–H groups in total. The molecule has 18 heavy (non-hydrogen) atoms. The number of unbranched alkanes of at least 4 members (excludes halogenated alkanes) is 6. The normalized spacial score (nSPS) is 14.7. The van der Waals surface area contributed by atoms with Crippen LogP contribution < -0.4 is 0 Å². The maximum atomic E-state index is 10.1. The number of hydrogen-bond acceptors (Lipinski definition) is 1. The van der Waals surface area contributed by atoms with Gasteiger partial charge in [-0.1, -0.05) is 84.0 Å². The smallest absolute Gasteiger partial charge is 0.303 e. The Hall–Kier alpha value is -0.530. The molecule has 0 aromatic rings. The minimum absolute atomic E-state index is 0.341. The van der Waals surface area contributed by atoms with Crippen LogP contribution in [0.5, 0.6) is 0 Å². The van der Waals surface area contributed by atoms with Gasteiger partial charge >= 0.3 is 5.97 Å². The van der Waals surface area contributed by atoms with E-state index in [4.69, 9.17) is 5.11 Å². The van der Waals surface area contributed by atoms with Crippen molar-refractivity contribution in [2.45, 2.75) is 96.8 Å². The molecular weight excluding hydrogens is 224 g/mol. The molecule has 0 spiro atoms. The third kappa shape index (κ3) is 15.5. The van der Waals surface area contributed by atoms with E-state index in [1.165, 1.54) is 70.6 Å². The van der Waals surface area contributed by atoms with Crippen molar-refractivity contribution < 1.29 is 9.90 Å². The molecule has 0 heterocycles. The Bertz CT molecular complexity index is 162. The molecule has 108 valence electrons. The van der Waals surface area contributed by atoms with Gasteiger partial charge in [0.2, 0.25) is 0 Å². The zero-order valence-corrected chi connectivity index (χ0v) is 12.3. The zero-order valence-electron chi connectivity index (χ0n) is 12.3. The van der Waals surface area contributed by atoms with Crippen molar-refractivity contribution in [1.29, 1.82) is 0 Å². The van der Waals surface area contributed by atoms with Crippen molar-refractivity contribution in [2.24, 2.45) is 0 Å². The molecule has 1 aliphatic rings. The highest BCUT2D eigenvalue weighted by atomic mass is 16.4. The average Bonchev–Trinajstić information content (AvgIpc) is 2.40. The number of rotatable bonds is 8. The molecule has 0 aromatic heterocycles. The summed E-state index contributed by atoms with van der Waals surface area (Å²) >= 11 is 0. The lowest BCUT2D eigenvalue weighted by Gasteiger charge is -2.05. The van der Waals surface area contributed by atoms with Crippen molar-refractivity contribution >= 4 is 5.97 Å². The fourth-order valence-electron chi connectivity index (χ4n) is 2.29. The molecule has 0 aromatic carbocycles. The van der Waals surface area contributed by atoms with E-state index >= 15 is 0 Å². The average molecular weight is 256 g/mol. The maximum absolute atomic E-state index is 10.1. The molecule has 0 saturated heterocycles. The Morgan fingerprint density at radius 1 is 0.778 bits per heavy atom. The molecule has 0 atom stereocenters. The molecule has 0 unspecified atom stereocenters. The van der Waals surface area contributed by atoms with Crippen LogP contribution in [-0.4, -0.2) is 11.1 Å². The van der Waals surface area contributed by atoms with E-state index in [-0.39, 0.29) is 0 Å². The second-order valence-corrected chi connectivity index (χ2v) is 5.39. The quantitative estimate of drug-likeness (QED) is 0.578. The molecule has 2 heteroatoms. The highest BCUT2D eigenvalue weighted by Crippen LogP contribution is 2.15. The van der Waals surface area contributed by atoms with Gasteiger partial charge in [0.1, 0.15) is 0 Å². The van der Waals surface area contributed by atoms with E-state index < -0.39 is 5.97 Å². The first kappa shape index (κ1) is 17.5. The Morgan fingerprint density at radius 2 is 1.17 bits per heavy atom. The van der Waals surface area contributed by atoms with Crippen LogP contribution in [0.2, 0.25) is 0 Å². The minimum atomic E-state index is -0.663. The maximum Gasteiger partial charge on any atom is 0.303 e. The summed E-state index contributed by atoms with van der Waals surface area (Å²) in [6.45, 7) is 2.20. The van der Waals surface area contributed by atoms with Crippen LogP contribution in [0.1, 0.15) is 96.8 Å². The first-order valence-electron chi connectivity index (χ1n) is 7.99. The van der Waals surface area contributed by atoms with Gasteiger partial charge in [-0.05, 0) is 6.42 Å². The van der Waals surface area contributed by atoms with Crippen molar-refractivity contribution in [3.63, 3.8) is 0 Å². The minimum Gasteiger partial charge on any atom is -0.481 e. The van der Waals surface area contributed by atoms with Crippen LogP contribution >= 0.6 is 0 Å². The number of aliphatic carboxylic acids is 1. The number of carbonyl (C=O) groups is 1. The van der Waals surface area contributed by atoms with Crippen LogP contribution in [0.25, 0.3) is 0 Å². The summed E-state index contributed by atoms with van der Waals surface area (Å²) in [5.41, 5.74) is 0. The largest absolute Gasteiger partial charge is 0.481 e. The Morgan fingerprint density at radius 3 is 1.56 bits per heavy atom. The zero-order chi connectivity index (χ0) is 13.5. The van der Waals surface area contributed by atoms with Crippen LogP contribution in [-0.2, 0) is 4.79 Å². The summed E-state index contributed by atoms with van der Waals surface area (Å²) < 4.78 is 0. The fourth-order valence-corrected chi connectivity index (χ4v) is 2.29. The summed E-state index contributed by atoms with van der Waals surface area (Å²) in [5.74, 6) is -0.663. The molecule has 1 rings (SSSR count). The van der Waals surface area contributed by atoms with Crippen molar-refractivity contribution in [3.8, 4) is 0 Å². The van der Waals surface area contributed by atoms with E-state index in [1.54, 1.807) is 0 Å². The summed E-state index contributed by atoms with van der Waals surface area (Å²) in [6.07, 6.45) is 17.6. The van der Waals surface area contributed by atoms with Gasteiger partial charge in [0, 0.05) is 6.42 Å². The van der Waals surface area contributed by atoms with Gasteiger partial charge in [0.25, 0.3) is 0 Å². The van der Waals surface area contributed by atoms with Crippen LogP contribution in [0.4, 0.5) is 0 Å². The van der Waals surface area contributed by atoms with Gasteiger partial charge in [-0.25, -0.2) is 0 Å². The van der Waals surface area contributed by atoms with E-state index in [2.05, 4.69) is 6.92 Å². The Kier molecular flexibility index (Phi) is 14.1. The first-order valence-corrected chi connectivity index (χ1v) is 7.99. The summed E-state index contributed by atoms with van der Waals surface area (Å²) in [6, 6.07) is 0. The van der Waals surface area contributed by atoms with Crippen molar-refractivity contribution in [2.75, 3.05) is 0 Å². The fraction of sp³-hybridized carbons (Fsp3) is 0.938. The standard InChI is InChI=1S/C10H20O2.C6H12/c1-2-3-4-5-6-7-8-9-10(11)12;1-2-4-6-5-3-1/h2-9H2,1H3,(H,11,12);1-6H2.